The van der Waals surface area contributed by atoms with Gasteiger partial charge in [0.25, 0.3) is 0 Å². The number of methoxy groups -OCH3 is 2. The van der Waals surface area contributed by atoms with Crippen LogP contribution in [-0.4, -0.2) is 27.4 Å². The van der Waals surface area contributed by atoms with Crippen molar-refractivity contribution >= 4 is 35.6 Å². The Labute approximate surface area is 171 Å². The van der Waals surface area contributed by atoms with Crippen molar-refractivity contribution in [2.75, 3.05) is 27.4 Å². The molecule has 0 aromatic heterocycles. The monoisotopic (exact) mass is 419 g/mol. The summed E-state index contributed by atoms with van der Waals surface area (Å²) in [7, 11) is 3.35. The van der Waals surface area contributed by atoms with Gasteiger partial charge in [-0.1, -0.05) is 35.3 Å². The van der Waals surface area contributed by atoms with Crippen LogP contribution in [0.4, 0.5) is 0 Å². The lowest BCUT2D eigenvalue weighted by atomic mass is 10.2. The molecule has 144 valence electrons. The third-order valence-electron chi connectivity index (χ3n) is 3.64. The van der Waals surface area contributed by atoms with Crippen LogP contribution in [0.25, 0.3) is 0 Å². The summed E-state index contributed by atoms with van der Waals surface area (Å²) in [6, 6.07) is 11.4. The maximum Gasteiger partial charge on any atom is 0.161 e. The number of benzene rings is 2. The van der Waals surface area contributed by atoms with Crippen LogP contribution in [0.2, 0.25) is 10.0 Å². The van der Waals surface area contributed by atoms with Crippen molar-refractivity contribution < 1.29 is 14.2 Å². The normalized spacial score (nSPS) is 10.3. The molecule has 26 heavy (non-hydrogen) atoms. The average Bonchev–Trinajstić information content (AvgIpc) is 2.63. The minimum Gasteiger partial charge on any atom is -0.493 e. The second kappa shape index (κ2) is 12.3. The molecular formula is C19H24Cl3NO3. The zero-order chi connectivity index (χ0) is 18.1. The van der Waals surface area contributed by atoms with E-state index in [9.17, 15) is 0 Å². The number of nitrogens with one attached hydrogen (secondary N) is 1. The number of ether oxygens (including phenoxy) is 3. The SMILES string of the molecule is COCCCNCc1ccc(OCc2ccc(Cl)c(Cl)c2)c(OC)c1.Cl. The molecule has 0 unspecified atom stereocenters. The van der Waals surface area contributed by atoms with Gasteiger partial charge in [0.1, 0.15) is 6.61 Å². The van der Waals surface area contributed by atoms with E-state index in [2.05, 4.69) is 5.32 Å². The highest BCUT2D eigenvalue weighted by Gasteiger charge is 2.07. The van der Waals surface area contributed by atoms with Gasteiger partial charge in [-0.2, -0.15) is 0 Å². The Balaban J connectivity index is 0.00000338. The fourth-order valence-electron chi connectivity index (χ4n) is 2.31. The third kappa shape index (κ3) is 7.22. The Kier molecular flexibility index (Phi) is 10.8. The average molecular weight is 421 g/mol. The van der Waals surface area contributed by atoms with Gasteiger partial charge in [0.2, 0.25) is 0 Å². The Morgan fingerprint density at radius 3 is 2.38 bits per heavy atom. The molecular weight excluding hydrogens is 397 g/mol. The lowest BCUT2D eigenvalue weighted by Gasteiger charge is -2.13. The minimum atomic E-state index is 0. The fraction of sp³-hybridized carbons (Fsp3) is 0.368. The van der Waals surface area contributed by atoms with E-state index in [-0.39, 0.29) is 12.4 Å². The van der Waals surface area contributed by atoms with Crippen molar-refractivity contribution in [3.8, 4) is 11.5 Å². The maximum absolute atomic E-state index is 6.03. The molecule has 2 aromatic rings. The van der Waals surface area contributed by atoms with E-state index in [0.717, 1.165) is 37.2 Å². The van der Waals surface area contributed by atoms with Crippen molar-refractivity contribution in [3.05, 3.63) is 57.6 Å². The van der Waals surface area contributed by atoms with Gasteiger partial charge in [0, 0.05) is 20.3 Å². The molecule has 2 rings (SSSR count). The van der Waals surface area contributed by atoms with Crippen molar-refractivity contribution in [2.24, 2.45) is 0 Å². The summed E-state index contributed by atoms with van der Waals surface area (Å²) in [6.07, 6.45) is 0.985. The zero-order valence-corrected chi connectivity index (χ0v) is 17.2. The topological polar surface area (TPSA) is 39.7 Å². The second-order valence-corrected chi connectivity index (χ2v) is 6.36. The van der Waals surface area contributed by atoms with Crippen molar-refractivity contribution in [2.45, 2.75) is 19.6 Å². The molecule has 0 atom stereocenters. The van der Waals surface area contributed by atoms with Crippen LogP contribution in [-0.2, 0) is 17.9 Å². The standard InChI is InChI=1S/C19H23Cl2NO3.ClH/c1-23-9-3-8-22-12-14-5-7-18(19(11-14)24-2)25-13-15-4-6-16(20)17(21)10-15;/h4-7,10-11,22H,3,8-9,12-13H2,1-2H3;1H. The lowest BCUT2D eigenvalue weighted by molar-refractivity contribution is 0.194. The van der Waals surface area contributed by atoms with Gasteiger partial charge in [0.15, 0.2) is 11.5 Å². The zero-order valence-electron chi connectivity index (χ0n) is 14.9. The largest absolute Gasteiger partial charge is 0.493 e. The first-order chi connectivity index (χ1) is 12.1. The van der Waals surface area contributed by atoms with Gasteiger partial charge in [-0.25, -0.2) is 0 Å². The molecule has 2 aromatic carbocycles. The molecule has 0 amide bonds. The number of hydrogen-bond donors (Lipinski definition) is 1. The summed E-state index contributed by atoms with van der Waals surface area (Å²) in [4.78, 5) is 0. The quantitative estimate of drug-likeness (QED) is 0.541. The highest BCUT2D eigenvalue weighted by Crippen LogP contribution is 2.29. The summed E-state index contributed by atoms with van der Waals surface area (Å²) in [5.41, 5.74) is 2.08. The summed E-state index contributed by atoms with van der Waals surface area (Å²) in [6.45, 7) is 2.83. The van der Waals surface area contributed by atoms with E-state index in [1.807, 2.05) is 24.3 Å². The summed E-state index contributed by atoms with van der Waals surface area (Å²) >= 11 is 12.0. The Bertz CT molecular complexity index is 683. The predicted octanol–water partition coefficient (Wildman–Crippen LogP) is 5.13. The molecule has 0 heterocycles. The summed E-state index contributed by atoms with van der Waals surface area (Å²) in [5.74, 6) is 1.40. The highest BCUT2D eigenvalue weighted by atomic mass is 35.5. The van der Waals surface area contributed by atoms with Crippen LogP contribution >= 0.6 is 35.6 Å². The third-order valence-corrected chi connectivity index (χ3v) is 4.38. The molecule has 1 N–H and O–H groups in total. The van der Waals surface area contributed by atoms with Crippen molar-refractivity contribution in [1.29, 1.82) is 0 Å². The lowest BCUT2D eigenvalue weighted by Crippen LogP contribution is -2.16. The Morgan fingerprint density at radius 2 is 1.69 bits per heavy atom. The Hall–Kier alpha value is -1.17. The van der Waals surface area contributed by atoms with Gasteiger partial charge < -0.3 is 19.5 Å². The first-order valence-electron chi connectivity index (χ1n) is 8.07. The molecule has 7 heteroatoms. The molecule has 0 saturated heterocycles. The van der Waals surface area contributed by atoms with Gasteiger partial charge in [0.05, 0.1) is 17.2 Å². The van der Waals surface area contributed by atoms with E-state index in [0.29, 0.717) is 28.2 Å². The number of rotatable bonds is 10. The summed E-state index contributed by atoms with van der Waals surface area (Å²) in [5, 5.41) is 4.42. The smallest absolute Gasteiger partial charge is 0.161 e. The minimum absolute atomic E-state index is 0. The van der Waals surface area contributed by atoms with Gasteiger partial charge in [-0.05, 0) is 48.4 Å². The number of hydrogen-bond acceptors (Lipinski definition) is 4. The van der Waals surface area contributed by atoms with Crippen LogP contribution < -0.4 is 14.8 Å². The van der Waals surface area contributed by atoms with E-state index < -0.39 is 0 Å². The molecule has 4 nitrogen and oxygen atoms in total. The first kappa shape index (κ1) is 22.9. The van der Waals surface area contributed by atoms with E-state index in [4.69, 9.17) is 37.4 Å². The van der Waals surface area contributed by atoms with Crippen LogP contribution in [0.3, 0.4) is 0 Å². The first-order valence-corrected chi connectivity index (χ1v) is 8.83. The van der Waals surface area contributed by atoms with Crippen molar-refractivity contribution in [3.63, 3.8) is 0 Å². The molecule has 0 aliphatic rings. The molecule has 0 fully saturated rings. The molecule has 0 aliphatic carbocycles. The van der Waals surface area contributed by atoms with Gasteiger partial charge in [-0.3, -0.25) is 0 Å². The molecule has 0 saturated carbocycles. The van der Waals surface area contributed by atoms with Crippen LogP contribution in [0.5, 0.6) is 11.5 Å². The van der Waals surface area contributed by atoms with E-state index in [1.165, 1.54) is 0 Å². The van der Waals surface area contributed by atoms with Gasteiger partial charge >= 0.3 is 0 Å². The highest BCUT2D eigenvalue weighted by molar-refractivity contribution is 6.42. The summed E-state index contributed by atoms with van der Waals surface area (Å²) < 4.78 is 16.3. The van der Waals surface area contributed by atoms with Crippen LogP contribution in [0, 0.1) is 0 Å². The molecule has 0 bridgehead atoms. The van der Waals surface area contributed by atoms with E-state index in [1.54, 1.807) is 26.4 Å². The molecule has 0 aliphatic heterocycles. The van der Waals surface area contributed by atoms with Gasteiger partial charge in [-0.15, -0.1) is 12.4 Å². The van der Waals surface area contributed by atoms with Crippen LogP contribution in [0.15, 0.2) is 36.4 Å². The molecule has 0 spiro atoms. The van der Waals surface area contributed by atoms with Crippen LogP contribution in [0.1, 0.15) is 17.5 Å². The Morgan fingerprint density at radius 1 is 0.923 bits per heavy atom. The fourth-order valence-corrected chi connectivity index (χ4v) is 2.63. The number of halogens is 3. The maximum atomic E-state index is 6.03. The van der Waals surface area contributed by atoms with Crippen molar-refractivity contribution in [1.82, 2.24) is 5.32 Å². The predicted molar refractivity (Wildman–Crippen MR) is 109 cm³/mol. The van der Waals surface area contributed by atoms with E-state index >= 15 is 0 Å². The molecule has 0 radical (unpaired) electrons. The second-order valence-electron chi connectivity index (χ2n) is 5.55.